The molecule has 0 saturated carbocycles. The third-order valence-electron chi connectivity index (χ3n) is 1.26. The lowest BCUT2D eigenvalue weighted by Crippen LogP contribution is -2.01. The molecule has 1 heterocycles. The van der Waals surface area contributed by atoms with Crippen LogP contribution < -0.4 is 5.73 Å². The Labute approximate surface area is 65.2 Å². The van der Waals surface area contributed by atoms with Crippen molar-refractivity contribution in [3.8, 4) is 0 Å². The Balaban J connectivity index is 3.01. The van der Waals surface area contributed by atoms with E-state index in [1.807, 2.05) is 6.92 Å². The van der Waals surface area contributed by atoms with Crippen molar-refractivity contribution in [3.63, 3.8) is 0 Å². The van der Waals surface area contributed by atoms with E-state index in [9.17, 15) is 0 Å². The number of anilines is 1. The maximum absolute atomic E-state index is 5.51. The van der Waals surface area contributed by atoms with Gasteiger partial charge in [0.25, 0.3) is 0 Å². The Morgan fingerprint density at radius 2 is 2.45 bits per heavy atom. The van der Waals surface area contributed by atoms with Gasteiger partial charge in [-0.3, -0.25) is 9.98 Å². The van der Waals surface area contributed by atoms with Crippen LogP contribution in [0.2, 0.25) is 0 Å². The molecule has 0 bridgehead atoms. The van der Waals surface area contributed by atoms with E-state index in [1.165, 1.54) is 0 Å². The molecule has 0 aliphatic carbocycles. The summed E-state index contributed by atoms with van der Waals surface area (Å²) in [5.74, 6) is 0.433. The zero-order valence-corrected chi connectivity index (χ0v) is 6.41. The molecular formula is C7H10N4. The molecule has 0 aliphatic rings. The van der Waals surface area contributed by atoms with Crippen LogP contribution in [-0.2, 0) is 6.54 Å². The summed E-state index contributed by atoms with van der Waals surface area (Å²) in [6, 6.07) is 0. The van der Waals surface area contributed by atoms with Crippen molar-refractivity contribution in [2.75, 3.05) is 5.73 Å². The van der Waals surface area contributed by atoms with Gasteiger partial charge in [-0.2, -0.15) is 0 Å². The predicted molar refractivity (Wildman–Crippen MR) is 44.4 cm³/mol. The van der Waals surface area contributed by atoms with Gasteiger partial charge in [0, 0.05) is 0 Å². The van der Waals surface area contributed by atoms with Crippen LogP contribution in [0.5, 0.6) is 0 Å². The van der Waals surface area contributed by atoms with Gasteiger partial charge in [0.1, 0.15) is 11.5 Å². The Hall–Kier alpha value is -1.45. The van der Waals surface area contributed by atoms with E-state index in [0.717, 1.165) is 5.69 Å². The monoisotopic (exact) mass is 150 g/mol. The first-order valence-corrected chi connectivity index (χ1v) is 3.24. The van der Waals surface area contributed by atoms with Gasteiger partial charge in [-0.15, -0.1) is 0 Å². The maximum atomic E-state index is 5.51. The summed E-state index contributed by atoms with van der Waals surface area (Å²) in [4.78, 5) is 11.7. The van der Waals surface area contributed by atoms with Gasteiger partial charge in [0.2, 0.25) is 0 Å². The highest BCUT2D eigenvalue weighted by Gasteiger charge is 1.99. The van der Waals surface area contributed by atoms with Crippen LogP contribution in [0.1, 0.15) is 11.4 Å². The van der Waals surface area contributed by atoms with Gasteiger partial charge >= 0.3 is 0 Å². The van der Waals surface area contributed by atoms with E-state index in [1.54, 1.807) is 6.20 Å². The Morgan fingerprint density at radius 1 is 1.73 bits per heavy atom. The molecule has 58 valence electrons. The summed E-state index contributed by atoms with van der Waals surface area (Å²) in [5.41, 5.74) is 7.05. The first kappa shape index (κ1) is 7.65. The van der Waals surface area contributed by atoms with Crippen molar-refractivity contribution in [1.29, 1.82) is 0 Å². The van der Waals surface area contributed by atoms with Crippen LogP contribution in [0, 0.1) is 6.92 Å². The number of aryl methyl sites for hydroxylation is 1. The lowest BCUT2D eigenvalue weighted by molar-refractivity contribution is 0.954. The van der Waals surface area contributed by atoms with Gasteiger partial charge in [-0.1, -0.05) is 0 Å². The van der Waals surface area contributed by atoms with Crippen LogP contribution in [0.25, 0.3) is 0 Å². The highest BCUT2D eigenvalue weighted by atomic mass is 14.9. The highest BCUT2D eigenvalue weighted by molar-refractivity contribution is 5.35. The lowest BCUT2D eigenvalue weighted by atomic mass is 10.4. The minimum absolute atomic E-state index is 0.431. The summed E-state index contributed by atoms with van der Waals surface area (Å²) in [5, 5.41) is 0. The normalized spacial score (nSPS) is 9.55. The van der Waals surface area contributed by atoms with Crippen molar-refractivity contribution in [1.82, 2.24) is 9.97 Å². The fraction of sp³-hybridized carbons (Fsp3) is 0.286. The van der Waals surface area contributed by atoms with E-state index < -0.39 is 0 Å². The van der Waals surface area contributed by atoms with Crippen LogP contribution >= 0.6 is 0 Å². The Morgan fingerprint density at radius 3 is 3.09 bits per heavy atom. The molecule has 0 radical (unpaired) electrons. The van der Waals surface area contributed by atoms with Crippen molar-refractivity contribution < 1.29 is 0 Å². The standard InChI is InChI=1S/C7H10N4/c1-5-3-10-7(8)6(11-5)4-9-2/h3H,2,4H2,1H3,(H2,8,10). The van der Waals surface area contributed by atoms with Crippen LogP contribution in [0.3, 0.4) is 0 Å². The number of hydrogen-bond acceptors (Lipinski definition) is 4. The molecular weight excluding hydrogens is 140 g/mol. The summed E-state index contributed by atoms with van der Waals surface area (Å²) in [6.07, 6.45) is 1.63. The van der Waals surface area contributed by atoms with Crippen molar-refractivity contribution in [2.24, 2.45) is 4.99 Å². The molecule has 1 rings (SSSR count). The molecule has 0 spiro atoms. The average molecular weight is 150 g/mol. The molecule has 0 amide bonds. The zero-order valence-electron chi connectivity index (χ0n) is 6.41. The van der Waals surface area contributed by atoms with E-state index in [-0.39, 0.29) is 0 Å². The largest absolute Gasteiger partial charge is 0.382 e. The quantitative estimate of drug-likeness (QED) is 0.627. The third-order valence-corrected chi connectivity index (χ3v) is 1.26. The number of nitrogens with zero attached hydrogens (tertiary/aromatic N) is 3. The molecule has 0 unspecified atom stereocenters. The number of rotatable bonds is 2. The second kappa shape index (κ2) is 3.09. The van der Waals surface area contributed by atoms with E-state index in [4.69, 9.17) is 5.73 Å². The van der Waals surface area contributed by atoms with E-state index in [0.29, 0.717) is 18.1 Å². The fourth-order valence-electron chi connectivity index (χ4n) is 0.759. The SMILES string of the molecule is C=NCc1nc(C)cnc1N. The van der Waals surface area contributed by atoms with Crippen molar-refractivity contribution in [2.45, 2.75) is 13.5 Å². The fourth-order valence-corrected chi connectivity index (χ4v) is 0.759. The lowest BCUT2D eigenvalue weighted by Gasteiger charge is -2.00. The van der Waals surface area contributed by atoms with E-state index >= 15 is 0 Å². The minimum Gasteiger partial charge on any atom is -0.382 e. The first-order chi connectivity index (χ1) is 5.24. The average Bonchev–Trinajstić information content (AvgIpc) is 1.98. The van der Waals surface area contributed by atoms with E-state index in [2.05, 4.69) is 21.7 Å². The second-order valence-corrected chi connectivity index (χ2v) is 2.23. The number of nitrogens with two attached hydrogens (primary N) is 1. The number of hydrogen-bond donors (Lipinski definition) is 1. The topological polar surface area (TPSA) is 64.2 Å². The van der Waals surface area contributed by atoms with Gasteiger partial charge < -0.3 is 5.73 Å². The molecule has 4 nitrogen and oxygen atoms in total. The molecule has 4 heteroatoms. The summed E-state index contributed by atoms with van der Waals surface area (Å²) >= 11 is 0. The maximum Gasteiger partial charge on any atom is 0.147 e. The summed E-state index contributed by atoms with van der Waals surface area (Å²) in [7, 11) is 0. The zero-order chi connectivity index (χ0) is 8.27. The van der Waals surface area contributed by atoms with Gasteiger partial charge in [0.15, 0.2) is 0 Å². The number of nitrogen functional groups attached to an aromatic ring is 1. The Kier molecular flexibility index (Phi) is 2.15. The molecule has 0 aromatic carbocycles. The van der Waals surface area contributed by atoms with Crippen LogP contribution in [0.15, 0.2) is 11.2 Å². The summed E-state index contributed by atoms with van der Waals surface area (Å²) in [6.45, 7) is 5.64. The molecule has 0 fully saturated rings. The summed E-state index contributed by atoms with van der Waals surface area (Å²) < 4.78 is 0. The van der Waals surface area contributed by atoms with Crippen LogP contribution in [0.4, 0.5) is 5.82 Å². The molecule has 0 aliphatic heterocycles. The minimum atomic E-state index is 0.431. The molecule has 2 N–H and O–H groups in total. The number of aliphatic imine (C=N–C) groups is 1. The second-order valence-electron chi connectivity index (χ2n) is 2.23. The highest BCUT2D eigenvalue weighted by Crippen LogP contribution is 2.05. The molecule has 11 heavy (non-hydrogen) atoms. The first-order valence-electron chi connectivity index (χ1n) is 3.24. The van der Waals surface area contributed by atoms with Gasteiger partial charge in [-0.25, -0.2) is 4.98 Å². The molecule has 1 aromatic heterocycles. The van der Waals surface area contributed by atoms with Gasteiger partial charge in [-0.05, 0) is 13.6 Å². The molecule has 0 atom stereocenters. The Bertz CT molecular complexity index is 269. The van der Waals surface area contributed by atoms with Gasteiger partial charge in [0.05, 0.1) is 18.4 Å². The van der Waals surface area contributed by atoms with Crippen molar-refractivity contribution >= 4 is 12.5 Å². The van der Waals surface area contributed by atoms with Crippen LogP contribution in [-0.4, -0.2) is 16.7 Å². The molecule has 1 aromatic rings. The smallest absolute Gasteiger partial charge is 0.147 e. The predicted octanol–water partition coefficient (Wildman–Crippen LogP) is 0.568. The van der Waals surface area contributed by atoms with Crippen molar-refractivity contribution in [3.05, 3.63) is 17.6 Å². The molecule has 0 saturated heterocycles. The number of aromatic nitrogens is 2. The third kappa shape index (κ3) is 1.73.